The number of fused-ring (bicyclic) bond motifs is 1. The molecule has 2 nitrogen and oxygen atoms in total. The summed E-state index contributed by atoms with van der Waals surface area (Å²) in [7, 11) is 0. The third kappa shape index (κ3) is 2.32. The third-order valence-electron chi connectivity index (χ3n) is 4.52. The normalized spacial score (nSPS) is 20.4. The van der Waals surface area contributed by atoms with Crippen molar-refractivity contribution in [2.75, 3.05) is 6.54 Å². The van der Waals surface area contributed by atoms with Crippen molar-refractivity contribution >= 4 is 0 Å². The molecule has 0 radical (unpaired) electrons. The van der Waals surface area contributed by atoms with Gasteiger partial charge in [-0.2, -0.15) is 0 Å². The van der Waals surface area contributed by atoms with Gasteiger partial charge in [0.05, 0.1) is 6.10 Å². The van der Waals surface area contributed by atoms with Gasteiger partial charge in [-0.3, -0.25) is 0 Å². The Labute approximate surface area is 110 Å². The van der Waals surface area contributed by atoms with E-state index >= 15 is 0 Å². The van der Waals surface area contributed by atoms with Gasteiger partial charge in [0.25, 0.3) is 0 Å². The highest BCUT2D eigenvalue weighted by molar-refractivity contribution is 5.35. The molecule has 0 spiro atoms. The first kappa shape index (κ1) is 13.6. The smallest absolute Gasteiger partial charge is 0.0640 e. The number of aliphatic hydroxyl groups excluding tert-OH is 1. The molecule has 0 aromatic heterocycles. The molecule has 1 aromatic rings. The lowest BCUT2D eigenvalue weighted by atomic mass is 9.73. The Balaban J connectivity index is 2.20. The molecule has 1 aliphatic carbocycles. The molecule has 2 atom stereocenters. The Morgan fingerprint density at radius 3 is 2.28 bits per heavy atom. The highest BCUT2D eigenvalue weighted by Crippen LogP contribution is 2.41. The Kier molecular flexibility index (Phi) is 4.08. The fourth-order valence-electron chi connectivity index (χ4n) is 3.41. The van der Waals surface area contributed by atoms with Crippen molar-refractivity contribution in [1.82, 2.24) is 0 Å². The highest BCUT2D eigenvalue weighted by atomic mass is 16.3. The molecule has 100 valence electrons. The Morgan fingerprint density at radius 1 is 1.28 bits per heavy atom. The predicted molar refractivity (Wildman–Crippen MR) is 75.4 cm³/mol. The average molecular weight is 247 g/mol. The van der Waals surface area contributed by atoms with E-state index in [1.165, 1.54) is 11.1 Å². The van der Waals surface area contributed by atoms with Crippen LogP contribution in [0.25, 0.3) is 0 Å². The minimum atomic E-state index is -0.296. The molecule has 2 unspecified atom stereocenters. The lowest BCUT2D eigenvalue weighted by Gasteiger charge is -2.36. The molecule has 0 amide bonds. The molecule has 18 heavy (non-hydrogen) atoms. The van der Waals surface area contributed by atoms with Crippen molar-refractivity contribution < 1.29 is 5.11 Å². The van der Waals surface area contributed by atoms with Crippen LogP contribution in [0.3, 0.4) is 0 Å². The van der Waals surface area contributed by atoms with Crippen LogP contribution in [0.4, 0.5) is 0 Å². The molecule has 1 aliphatic rings. The summed E-state index contributed by atoms with van der Waals surface area (Å²) in [6.07, 6.45) is 3.74. The molecule has 0 fully saturated rings. The first-order chi connectivity index (χ1) is 8.63. The lowest BCUT2D eigenvalue weighted by molar-refractivity contribution is -0.00659. The van der Waals surface area contributed by atoms with E-state index in [4.69, 9.17) is 5.73 Å². The van der Waals surface area contributed by atoms with Crippen LogP contribution in [0.2, 0.25) is 0 Å². The molecule has 0 saturated carbocycles. The van der Waals surface area contributed by atoms with Crippen molar-refractivity contribution in [2.24, 2.45) is 17.1 Å². The van der Waals surface area contributed by atoms with Gasteiger partial charge in [-0.25, -0.2) is 0 Å². The van der Waals surface area contributed by atoms with Crippen LogP contribution >= 0.6 is 0 Å². The van der Waals surface area contributed by atoms with Crippen LogP contribution < -0.4 is 5.73 Å². The molecular formula is C16H25NO. The van der Waals surface area contributed by atoms with Crippen molar-refractivity contribution in [3.63, 3.8) is 0 Å². The first-order valence-electron chi connectivity index (χ1n) is 7.08. The van der Waals surface area contributed by atoms with Crippen LogP contribution in [0.5, 0.6) is 0 Å². The van der Waals surface area contributed by atoms with Gasteiger partial charge in [0.2, 0.25) is 0 Å². The van der Waals surface area contributed by atoms with E-state index < -0.39 is 0 Å². The molecular weight excluding hydrogens is 222 g/mol. The van der Waals surface area contributed by atoms with Crippen LogP contribution in [-0.2, 0) is 12.8 Å². The number of hydrogen-bond donors (Lipinski definition) is 2. The van der Waals surface area contributed by atoms with E-state index in [0.29, 0.717) is 12.5 Å². The molecule has 1 aromatic carbocycles. The second-order valence-corrected chi connectivity index (χ2v) is 5.90. The number of hydrogen-bond acceptors (Lipinski definition) is 2. The van der Waals surface area contributed by atoms with Gasteiger partial charge in [-0.05, 0) is 36.3 Å². The van der Waals surface area contributed by atoms with Gasteiger partial charge in [0.15, 0.2) is 0 Å². The summed E-state index contributed by atoms with van der Waals surface area (Å²) in [6.45, 7) is 4.88. The molecule has 0 saturated heterocycles. The summed E-state index contributed by atoms with van der Waals surface area (Å²) < 4.78 is 0. The maximum Gasteiger partial charge on any atom is 0.0640 e. The zero-order valence-corrected chi connectivity index (χ0v) is 11.5. The fourth-order valence-corrected chi connectivity index (χ4v) is 3.41. The second-order valence-electron chi connectivity index (χ2n) is 5.90. The zero-order valence-electron chi connectivity index (χ0n) is 11.5. The third-order valence-corrected chi connectivity index (χ3v) is 4.52. The summed E-state index contributed by atoms with van der Waals surface area (Å²) in [6, 6.07) is 8.49. The predicted octanol–water partition coefficient (Wildman–Crippen LogP) is 2.53. The van der Waals surface area contributed by atoms with Gasteiger partial charge >= 0.3 is 0 Å². The number of benzene rings is 1. The minimum absolute atomic E-state index is 0.141. The quantitative estimate of drug-likeness (QED) is 0.840. The van der Waals surface area contributed by atoms with Crippen LogP contribution in [-0.4, -0.2) is 17.8 Å². The van der Waals surface area contributed by atoms with Gasteiger partial charge in [0.1, 0.15) is 0 Å². The minimum Gasteiger partial charge on any atom is -0.392 e. The summed E-state index contributed by atoms with van der Waals surface area (Å²) in [5, 5.41) is 10.7. The summed E-state index contributed by atoms with van der Waals surface area (Å²) in [4.78, 5) is 0. The maximum atomic E-state index is 10.7. The van der Waals surface area contributed by atoms with E-state index in [-0.39, 0.29) is 11.5 Å². The molecule has 2 rings (SSSR count). The number of rotatable bonds is 5. The Hall–Kier alpha value is -0.860. The van der Waals surface area contributed by atoms with Gasteiger partial charge < -0.3 is 10.8 Å². The Morgan fingerprint density at radius 2 is 1.83 bits per heavy atom. The van der Waals surface area contributed by atoms with Crippen molar-refractivity contribution in [3.05, 3.63) is 35.4 Å². The molecule has 0 aliphatic heterocycles. The van der Waals surface area contributed by atoms with E-state index in [1.807, 2.05) is 0 Å². The fraction of sp³-hybridized carbons (Fsp3) is 0.625. The van der Waals surface area contributed by atoms with Gasteiger partial charge in [-0.1, -0.05) is 44.5 Å². The van der Waals surface area contributed by atoms with E-state index in [2.05, 4.69) is 38.1 Å². The van der Waals surface area contributed by atoms with E-state index in [1.54, 1.807) is 0 Å². The summed E-state index contributed by atoms with van der Waals surface area (Å²) in [5.41, 5.74) is 8.62. The highest BCUT2D eigenvalue weighted by Gasteiger charge is 2.43. The monoisotopic (exact) mass is 247 g/mol. The molecule has 0 heterocycles. The lowest BCUT2D eigenvalue weighted by Crippen LogP contribution is -2.46. The molecule has 3 N–H and O–H groups in total. The second kappa shape index (κ2) is 5.41. The first-order valence-corrected chi connectivity index (χ1v) is 7.08. The standard InChI is InChI=1S/C16H25NO/c1-3-6-12(2)15(18)16(11-17)9-13-7-4-5-8-14(13)10-16/h4-5,7-8,12,15,18H,3,6,9-11,17H2,1-2H3. The SMILES string of the molecule is CCCC(C)C(O)C1(CN)Cc2ccccc2C1. The Bertz CT molecular complexity index is 377. The summed E-state index contributed by atoms with van der Waals surface area (Å²) in [5.74, 6) is 0.327. The van der Waals surface area contributed by atoms with Gasteiger partial charge in [-0.15, -0.1) is 0 Å². The van der Waals surface area contributed by atoms with Crippen molar-refractivity contribution in [3.8, 4) is 0 Å². The molecule has 2 heteroatoms. The van der Waals surface area contributed by atoms with Gasteiger partial charge in [0, 0.05) is 12.0 Å². The van der Waals surface area contributed by atoms with Crippen LogP contribution in [0.1, 0.15) is 37.8 Å². The largest absolute Gasteiger partial charge is 0.392 e. The van der Waals surface area contributed by atoms with E-state index in [0.717, 1.165) is 25.7 Å². The maximum absolute atomic E-state index is 10.7. The topological polar surface area (TPSA) is 46.2 Å². The molecule has 0 bridgehead atoms. The van der Waals surface area contributed by atoms with E-state index in [9.17, 15) is 5.11 Å². The summed E-state index contributed by atoms with van der Waals surface area (Å²) >= 11 is 0. The van der Waals surface area contributed by atoms with Crippen molar-refractivity contribution in [1.29, 1.82) is 0 Å². The van der Waals surface area contributed by atoms with Crippen LogP contribution in [0.15, 0.2) is 24.3 Å². The van der Waals surface area contributed by atoms with Crippen LogP contribution in [0, 0.1) is 11.3 Å². The van der Waals surface area contributed by atoms with Crippen molar-refractivity contribution in [2.45, 2.75) is 45.6 Å². The average Bonchev–Trinajstić information content (AvgIpc) is 2.77. The number of nitrogens with two attached hydrogens (primary N) is 1. The zero-order chi connectivity index (χ0) is 13.2. The number of aliphatic hydroxyl groups is 1.